The summed E-state index contributed by atoms with van der Waals surface area (Å²) in [6.07, 6.45) is 0.237. The normalized spacial score (nSPS) is 10.1. The summed E-state index contributed by atoms with van der Waals surface area (Å²) in [6, 6.07) is 17.0. The smallest absolute Gasteiger partial charge is 0.407 e. The molecule has 0 aromatic heterocycles. The molecule has 0 saturated carbocycles. The van der Waals surface area contributed by atoms with Gasteiger partial charge >= 0.3 is 6.09 Å². The summed E-state index contributed by atoms with van der Waals surface area (Å²) in [4.78, 5) is 21.8. The van der Waals surface area contributed by atoms with Crippen LogP contribution in [0, 0.1) is 0 Å². The monoisotopic (exact) mass is 432 g/mol. The maximum Gasteiger partial charge on any atom is 0.407 e. The van der Waals surface area contributed by atoms with Gasteiger partial charge in [0.05, 0.1) is 0 Å². The Balaban J connectivity index is 1.61. The van der Waals surface area contributed by atoms with Crippen LogP contribution in [0.1, 0.15) is 11.1 Å². The number of carbonyl (C=O) groups excluding carboxylic acids is 2. The summed E-state index contributed by atoms with van der Waals surface area (Å²) in [5.41, 5.74) is 1.79. The van der Waals surface area contributed by atoms with Crippen LogP contribution < -0.4 is 15.4 Å². The van der Waals surface area contributed by atoms with E-state index in [1.54, 1.807) is 21.6 Å². The standard InChI is InChI=1S/C21H24N2O4S2/c1-17(19-5-3-2-4-6-19)27-20-9-7-18(8-10-20)15-26-21(25)23-12-14-29-28-13-11-22-16-24/h2-10,16H,1,11-15H2,(H,22,24)(H,23,25). The molecule has 2 amide bonds. The number of carbonyl (C=O) groups is 2. The summed E-state index contributed by atoms with van der Waals surface area (Å²) < 4.78 is 11.0. The van der Waals surface area contributed by atoms with Gasteiger partial charge in [-0.05, 0) is 17.7 Å². The van der Waals surface area contributed by atoms with Crippen molar-refractivity contribution >= 4 is 39.9 Å². The predicted molar refractivity (Wildman–Crippen MR) is 120 cm³/mol. The molecule has 0 aliphatic heterocycles. The van der Waals surface area contributed by atoms with Crippen LogP contribution >= 0.6 is 21.6 Å². The number of ether oxygens (including phenoxy) is 2. The Kier molecular flexibility index (Phi) is 10.6. The van der Waals surface area contributed by atoms with E-state index in [-0.39, 0.29) is 6.61 Å². The summed E-state index contributed by atoms with van der Waals surface area (Å²) in [7, 11) is 3.28. The van der Waals surface area contributed by atoms with Gasteiger partial charge in [-0.2, -0.15) is 0 Å². The minimum absolute atomic E-state index is 0.186. The van der Waals surface area contributed by atoms with Gasteiger partial charge in [-0.3, -0.25) is 4.79 Å². The second-order valence-corrected chi connectivity index (χ2v) is 8.46. The molecular weight excluding hydrogens is 408 g/mol. The highest BCUT2D eigenvalue weighted by atomic mass is 33.1. The van der Waals surface area contributed by atoms with E-state index in [0.717, 1.165) is 22.6 Å². The molecule has 29 heavy (non-hydrogen) atoms. The average Bonchev–Trinajstić information content (AvgIpc) is 2.75. The lowest BCUT2D eigenvalue weighted by Gasteiger charge is -2.10. The lowest BCUT2D eigenvalue weighted by molar-refractivity contribution is -0.109. The molecule has 2 aromatic rings. The number of rotatable bonds is 13. The first-order chi connectivity index (χ1) is 14.2. The third kappa shape index (κ3) is 9.45. The highest BCUT2D eigenvalue weighted by Gasteiger charge is 2.04. The van der Waals surface area contributed by atoms with E-state index in [1.807, 2.05) is 54.6 Å². The third-order valence-electron chi connectivity index (χ3n) is 3.58. The molecule has 0 atom stereocenters. The SMILES string of the molecule is C=C(Oc1ccc(COC(=O)NCCSSCCNC=O)cc1)c1ccccc1. The van der Waals surface area contributed by atoms with E-state index >= 15 is 0 Å². The maximum absolute atomic E-state index is 11.7. The lowest BCUT2D eigenvalue weighted by atomic mass is 10.2. The fourth-order valence-electron chi connectivity index (χ4n) is 2.15. The van der Waals surface area contributed by atoms with Crippen molar-refractivity contribution in [1.82, 2.24) is 10.6 Å². The molecule has 0 radical (unpaired) electrons. The summed E-state index contributed by atoms with van der Waals surface area (Å²) in [6.45, 7) is 5.29. The van der Waals surface area contributed by atoms with Gasteiger partial charge in [0.1, 0.15) is 18.1 Å². The van der Waals surface area contributed by atoms with E-state index < -0.39 is 6.09 Å². The van der Waals surface area contributed by atoms with Gasteiger partial charge in [-0.15, -0.1) is 0 Å². The maximum atomic E-state index is 11.7. The van der Waals surface area contributed by atoms with Gasteiger partial charge in [0, 0.05) is 30.2 Å². The van der Waals surface area contributed by atoms with Crippen LogP contribution in [0.15, 0.2) is 61.2 Å². The Bertz CT molecular complexity index is 770. The fraction of sp³-hybridized carbons (Fsp3) is 0.238. The first-order valence-corrected chi connectivity index (χ1v) is 11.5. The Hall–Kier alpha value is -2.58. The van der Waals surface area contributed by atoms with E-state index in [9.17, 15) is 9.59 Å². The van der Waals surface area contributed by atoms with E-state index in [2.05, 4.69) is 17.2 Å². The van der Waals surface area contributed by atoms with Crippen molar-refractivity contribution in [2.45, 2.75) is 6.61 Å². The number of hydrogen-bond donors (Lipinski definition) is 2. The molecule has 0 aliphatic rings. The van der Waals surface area contributed by atoms with Crippen molar-refractivity contribution in [3.05, 3.63) is 72.3 Å². The number of hydrogen-bond acceptors (Lipinski definition) is 6. The van der Waals surface area contributed by atoms with Crippen LogP contribution in [0.4, 0.5) is 4.79 Å². The molecule has 0 fully saturated rings. The van der Waals surface area contributed by atoms with Crippen LogP contribution in [0.3, 0.4) is 0 Å². The van der Waals surface area contributed by atoms with Crippen LogP contribution in [-0.4, -0.2) is 37.1 Å². The Labute approximate surface area is 178 Å². The number of nitrogens with one attached hydrogen (secondary N) is 2. The van der Waals surface area contributed by atoms with Crippen molar-refractivity contribution < 1.29 is 19.1 Å². The second kappa shape index (κ2) is 13.6. The minimum Gasteiger partial charge on any atom is -0.457 e. The topological polar surface area (TPSA) is 76.7 Å². The molecular formula is C21H24N2O4S2. The van der Waals surface area contributed by atoms with Crippen molar-refractivity contribution in [3.8, 4) is 5.75 Å². The zero-order valence-electron chi connectivity index (χ0n) is 16.0. The first-order valence-electron chi connectivity index (χ1n) is 9.02. The molecule has 0 saturated heterocycles. The molecule has 0 heterocycles. The van der Waals surface area contributed by atoms with E-state index in [4.69, 9.17) is 9.47 Å². The zero-order valence-corrected chi connectivity index (χ0v) is 17.6. The molecule has 2 N–H and O–H groups in total. The minimum atomic E-state index is -0.448. The molecule has 2 aromatic carbocycles. The lowest BCUT2D eigenvalue weighted by Crippen LogP contribution is -2.26. The van der Waals surface area contributed by atoms with E-state index in [1.165, 1.54) is 0 Å². The molecule has 8 heteroatoms. The Morgan fingerprint density at radius 3 is 2.38 bits per heavy atom. The van der Waals surface area contributed by atoms with Gasteiger partial charge < -0.3 is 20.1 Å². The highest BCUT2D eigenvalue weighted by molar-refractivity contribution is 8.76. The highest BCUT2D eigenvalue weighted by Crippen LogP contribution is 2.21. The summed E-state index contributed by atoms with van der Waals surface area (Å²) in [5, 5.41) is 5.30. The van der Waals surface area contributed by atoms with Crippen molar-refractivity contribution in [1.29, 1.82) is 0 Å². The van der Waals surface area contributed by atoms with Crippen LogP contribution in [0.2, 0.25) is 0 Å². The molecule has 0 spiro atoms. The molecule has 154 valence electrons. The van der Waals surface area contributed by atoms with Crippen LogP contribution in [0.25, 0.3) is 5.76 Å². The van der Waals surface area contributed by atoms with Gasteiger partial charge in [-0.1, -0.05) is 70.6 Å². The molecule has 6 nitrogen and oxygen atoms in total. The van der Waals surface area contributed by atoms with Crippen molar-refractivity contribution in [2.75, 3.05) is 24.6 Å². The zero-order chi connectivity index (χ0) is 20.7. The third-order valence-corrected chi connectivity index (χ3v) is 5.99. The van der Waals surface area contributed by atoms with E-state index in [0.29, 0.717) is 31.0 Å². The van der Waals surface area contributed by atoms with Gasteiger partial charge in [-0.25, -0.2) is 4.79 Å². The predicted octanol–water partition coefficient (Wildman–Crippen LogP) is 4.09. The molecule has 0 unspecified atom stereocenters. The van der Waals surface area contributed by atoms with Gasteiger partial charge in [0.25, 0.3) is 0 Å². The largest absolute Gasteiger partial charge is 0.457 e. The summed E-state index contributed by atoms with van der Waals surface area (Å²) in [5.74, 6) is 2.83. The molecule has 0 aliphatic carbocycles. The second-order valence-electron chi connectivity index (χ2n) is 5.75. The molecule has 0 bridgehead atoms. The average molecular weight is 433 g/mol. The van der Waals surface area contributed by atoms with Gasteiger partial charge in [0.2, 0.25) is 6.41 Å². The Morgan fingerprint density at radius 2 is 1.69 bits per heavy atom. The van der Waals surface area contributed by atoms with Crippen molar-refractivity contribution in [2.24, 2.45) is 0 Å². The van der Waals surface area contributed by atoms with Crippen LogP contribution in [-0.2, 0) is 16.1 Å². The van der Waals surface area contributed by atoms with Gasteiger partial charge in [0.15, 0.2) is 0 Å². The Morgan fingerprint density at radius 1 is 1.00 bits per heavy atom. The number of alkyl carbamates (subject to hydrolysis) is 1. The van der Waals surface area contributed by atoms with Crippen LogP contribution in [0.5, 0.6) is 5.75 Å². The number of benzene rings is 2. The first kappa shape index (κ1) is 22.7. The molecule has 2 rings (SSSR count). The fourth-order valence-corrected chi connectivity index (χ4v) is 3.98. The summed E-state index contributed by atoms with van der Waals surface area (Å²) >= 11 is 0. The van der Waals surface area contributed by atoms with Crippen molar-refractivity contribution in [3.63, 3.8) is 0 Å². The number of amides is 2. The quantitative estimate of drug-likeness (QED) is 0.215.